The highest BCUT2D eigenvalue weighted by Crippen LogP contribution is 2.20. The normalized spacial score (nSPS) is 10.7. The minimum Gasteiger partial charge on any atom is -0.316 e. The van der Waals surface area contributed by atoms with Gasteiger partial charge < -0.3 is 5.32 Å². The van der Waals surface area contributed by atoms with Crippen molar-refractivity contribution in [2.24, 2.45) is 0 Å². The Morgan fingerprint density at radius 2 is 2.06 bits per heavy atom. The van der Waals surface area contributed by atoms with Crippen LogP contribution in [0.25, 0.3) is 0 Å². The largest absolute Gasteiger partial charge is 0.316 e. The van der Waals surface area contributed by atoms with Crippen LogP contribution >= 0.6 is 35.0 Å². The Labute approximate surface area is 112 Å². The Kier molecular flexibility index (Phi) is 7.30. The Balaban J connectivity index is 2.21. The molecule has 1 N–H and O–H groups in total. The number of rotatable bonds is 7. The predicted molar refractivity (Wildman–Crippen MR) is 76.0 cm³/mol. The highest BCUT2D eigenvalue weighted by Gasteiger charge is 2.00. The van der Waals surface area contributed by atoms with Crippen molar-refractivity contribution in [1.29, 1.82) is 0 Å². The van der Waals surface area contributed by atoms with Crippen LogP contribution in [0.15, 0.2) is 18.2 Å². The SMILES string of the molecule is CSCCCNCCc1ccc(Cl)cc1Cl. The molecule has 0 saturated heterocycles. The fourth-order valence-electron chi connectivity index (χ4n) is 1.41. The van der Waals surface area contributed by atoms with Gasteiger partial charge in [-0.3, -0.25) is 0 Å². The monoisotopic (exact) mass is 277 g/mol. The van der Waals surface area contributed by atoms with Crippen molar-refractivity contribution in [3.8, 4) is 0 Å². The molecule has 1 aromatic carbocycles. The van der Waals surface area contributed by atoms with Gasteiger partial charge in [0.25, 0.3) is 0 Å². The summed E-state index contributed by atoms with van der Waals surface area (Å²) in [6.07, 6.45) is 4.30. The second-order valence-electron chi connectivity index (χ2n) is 3.58. The summed E-state index contributed by atoms with van der Waals surface area (Å²) in [5.41, 5.74) is 1.16. The highest BCUT2D eigenvalue weighted by atomic mass is 35.5. The zero-order valence-corrected chi connectivity index (χ0v) is 11.8. The molecule has 0 unspecified atom stereocenters. The predicted octanol–water partition coefficient (Wildman–Crippen LogP) is 3.88. The van der Waals surface area contributed by atoms with Gasteiger partial charge in [-0.2, -0.15) is 11.8 Å². The van der Waals surface area contributed by atoms with Crippen LogP contribution in [0.3, 0.4) is 0 Å². The van der Waals surface area contributed by atoms with Crippen molar-refractivity contribution in [2.75, 3.05) is 25.1 Å². The average Bonchev–Trinajstić information content (AvgIpc) is 2.26. The van der Waals surface area contributed by atoms with Gasteiger partial charge >= 0.3 is 0 Å². The molecule has 0 bridgehead atoms. The molecule has 1 aromatic rings. The van der Waals surface area contributed by atoms with E-state index in [-0.39, 0.29) is 0 Å². The zero-order chi connectivity index (χ0) is 11.8. The van der Waals surface area contributed by atoms with Crippen molar-refractivity contribution in [2.45, 2.75) is 12.8 Å². The van der Waals surface area contributed by atoms with Gasteiger partial charge in [0.15, 0.2) is 0 Å². The van der Waals surface area contributed by atoms with Gasteiger partial charge in [0.1, 0.15) is 0 Å². The van der Waals surface area contributed by atoms with Crippen LogP contribution in [0.2, 0.25) is 10.0 Å². The Bertz CT molecular complexity index is 318. The van der Waals surface area contributed by atoms with E-state index in [1.165, 1.54) is 12.2 Å². The van der Waals surface area contributed by atoms with Crippen molar-refractivity contribution in [3.63, 3.8) is 0 Å². The molecule has 0 atom stereocenters. The number of thioether (sulfide) groups is 1. The minimum absolute atomic E-state index is 0.696. The number of hydrogen-bond donors (Lipinski definition) is 1. The van der Waals surface area contributed by atoms with E-state index in [1.54, 1.807) is 6.07 Å². The van der Waals surface area contributed by atoms with Gasteiger partial charge in [0.2, 0.25) is 0 Å². The van der Waals surface area contributed by atoms with Crippen molar-refractivity contribution in [1.82, 2.24) is 5.32 Å². The Morgan fingerprint density at radius 3 is 2.75 bits per heavy atom. The first-order valence-electron chi connectivity index (χ1n) is 5.37. The molecule has 1 rings (SSSR count). The van der Waals surface area contributed by atoms with E-state index >= 15 is 0 Å². The number of hydrogen-bond acceptors (Lipinski definition) is 2. The fourth-order valence-corrected chi connectivity index (χ4v) is 2.35. The molecule has 0 fully saturated rings. The summed E-state index contributed by atoms with van der Waals surface area (Å²) in [5, 5.41) is 4.86. The average molecular weight is 278 g/mol. The van der Waals surface area contributed by atoms with E-state index in [4.69, 9.17) is 23.2 Å². The summed E-state index contributed by atoms with van der Waals surface area (Å²) in [5.74, 6) is 1.22. The smallest absolute Gasteiger partial charge is 0.0453 e. The van der Waals surface area contributed by atoms with Crippen molar-refractivity contribution < 1.29 is 0 Å². The van der Waals surface area contributed by atoms with Gasteiger partial charge in [0.05, 0.1) is 0 Å². The summed E-state index contributed by atoms with van der Waals surface area (Å²) in [4.78, 5) is 0. The molecule has 0 aromatic heterocycles. The van der Waals surface area contributed by atoms with Gasteiger partial charge in [-0.15, -0.1) is 0 Å². The van der Waals surface area contributed by atoms with E-state index < -0.39 is 0 Å². The standard InChI is InChI=1S/C12H17Cl2NS/c1-16-8-2-6-15-7-5-10-3-4-11(13)9-12(10)14/h3-4,9,15H,2,5-8H2,1H3. The number of nitrogens with one attached hydrogen (secondary N) is 1. The molecule has 0 aliphatic rings. The third-order valence-electron chi connectivity index (χ3n) is 2.29. The topological polar surface area (TPSA) is 12.0 Å². The van der Waals surface area contributed by atoms with Crippen LogP contribution in [-0.4, -0.2) is 25.1 Å². The van der Waals surface area contributed by atoms with Crippen LogP contribution in [0.4, 0.5) is 0 Å². The van der Waals surface area contributed by atoms with Gasteiger partial charge in [-0.25, -0.2) is 0 Å². The maximum Gasteiger partial charge on any atom is 0.0453 e. The van der Waals surface area contributed by atoms with E-state index in [1.807, 2.05) is 23.9 Å². The number of benzene rings is 1. The molecular formula is C12H17Cl2NS. The molecule has 16 heavy (non-hydrogen) atoms. The lowest BCUT2D eigenvalue weighted by Gasteiger charge is -2.06. The number of halogens is 2. The maximum absolute atomic E-state index is 6.08. The molecule has 90 valence electrons. The van der Waals surface area contributed by atoms with Gasteiger partial charge in [0, 0.05) is 10.0 Å². The van der Waals surface area contributed by atoms with Crippen LogP contribution in [0.1, 0.15) is 12.0 Å². The van der Waals surface area contributed by atoms with Crippen LogP contribution in [-0.2, 0) is 6.42 Å². The molecule has 0 aliphatic carbocycles. The first kappa shape index (κ1) is 14.2. The lowest BCUT2D eigenvalue weighted by molar-refractivity contribution is 0.674. The highest BCUT2D eigenvalue weighted by molar-refractivity contribution is 7.98. The lowest BCUT2D eigenvalue weighted by Crippen LogP contribution is -2.19. The van der Waals surface area contributed by atoms with Gasteiger partial charge in [-0.1, -0.05) is 29.3 Å². The van der Waals surface area contributed by atoms with Gasteiger partial charge in [-0.05, 0) is 55.6 Å². The first-order chi connectivity index (χ1) is 7.74. The molecule has 4 heteroatoms. The third kappa shape index (κ3) is 5.44. The zero-order valence-electron chi connectivity index (χ0n) is 9.43. The second kappa shape index (κ2) is 8.24. The van der Waals surface area contributed by atoms with E-state index in [0.717, 1.165) is 30.1 Å². The summed E-state index contributed by atoms with van der Waals surface area (Å²) in [6.45, 7) is 2.04. The Hall–Kier alpha value is 0.110. The molecule has 0 saturated carbocycles. The molecule has 0 aliphatic heterocycles. The van der Waals surface area contributed by atoms with Crippen LogP contribution in [0, 0.1) is 0 Å². The molecular weight excluding hydrogens is 261 g/mol. The molecule has 0 amide bonds. The van der Waals surface area contributed by atoms with Crippen LogP contribution in [0.5, 0.6) is 0 Å². The Morgan fingerprint density at radius 1 is 1.25 bits per heavy atom. The van der Waals surface area contributed by atoms with Crippen molar-refractivity contribution >= 4 is 35.0 Å². The maximum atomic E-state index is 6.08. The minimum atomic E-state index is 0.696. The van der Waals surface area contributed by atoms with E-state index in [9.17, 15) is 0 Å². The lowest BCUT2D eigenvalue weighted by atomic mass is 10.1. The second-order valence-corrected chi connectivity index (χ2v) is 5.41. The third-order valence-corrected chi connectivity index (χ3v) is 3.57. The van der Waals surface area contributed by atoms with E-state index in [2.05, 4.69) is 11.6 Å². The molecule has 0 heterocycles. The fraction of sp³-hybridized carbons (Fsp3) is 0.500. The molecule has 0 radical (unpaired) electrons. The first-order valence-corrected chi connectivity index (χ1v) is 7.52. The summed E-state index contributed by atoms with van der Waals surface area (Å²) >= 11 is 13.8. The van der Waals surface area contributed by atoms with Crippen molar-refractivity contribution in [3.05, 3.63) is 33.8 Å². The van der Waals surface area contributed by atoms with E-state index in [0.29, 0.717) is 5.02 Å². The summed E-state index contributed by atoms with van der Waals surface area (Å²) < 4.78 is 0. The quantitative estimate of drug-likeness (QED) is 0.760. The molecule has 0 spiro atoms. The summed E-state index contributed by atoms with van der Waals surface area (Å²) in [7, 11) is 0. The molecule has 1 nitrogen and oxygen atoms in total. The summed E-state index contributed by atoms with van der Waals surface area (Å²) in [6, 6.07) is 5.68. The van der Waals surface area contributed by atoms with Crippen LogP contribution < -0.4 is 5.32 Å².